The van der Waals surface area contributed by atoms with E-state index in [4.69, 9.17) is 0 Å². The van der Waals surface area contributed by atoms with Crippen LogP contribution in [0.1, 0.15) is 48.5 Å². The number of piperidine rings is 1. The van der Waals surface area contributed by atoms with Gasteiger partial charge in [-0.2, -0.15) is 0 Å². The second kappa shape index (κ2) is 10.0. The average molecular weight is 456 g/mol. The Morgan fingerprint density at radius 3 is 2.50 bits per heavy atom. The largest absolute Gasteiger partial charge is 0.352 e. The number of likely N-dealkylation sites (tertiary alicyclic amines) is 1. The van der Waals surface area contributed by atoms with Crippen molar-refractivity contribution in [3.05, 3.63) is 59.7 Å². The number of sulfonamides is 1. The third-order valence-corrected chi connectivity index (χ3v) is 8.41. The molecule has 2 aromatic rings. The number of anilines is 1. The lowest BCUT2D eigenvalue weighted by Gasteiger charge is -2.30. The van der Waals surface area contributed by atoms with Gasteiger partial charge in [0.15, 0.2) is 0 Å². The van der Waals surface area contributed by atoms with Gasteiger partial charge in [0.2, 0.25) is 0 Å². The van der Waals surface area contributed by atoms with Gasteiger partial charge < -0.3 is 10.2 Å². The molecule has 2 heterocycles. The fourth-order valence-corrected chi connectivity index (χ4v) is 6.09. The summed E-state index contributed by atoms with van der Waals surface area (Å²) in [7, 11) is -3.66. The maximum Gasteiger partial charge on any atom is 0.264 e. The summed E-state index contributed by atoms with van der Waals surface area (Å²) in [5, 5.41) is 2.96. The Kier molecular flexibility index (Phi) is 7.16. The van der Waals surface area contributed by atoms with Crippen molar-refractivity contribution < 1.29 is 13.2 Å². The van der Waals surface area contributed by atoms with E-state index in [0.717, 1.165) is 56.1 Å². The van der Waals surface area contributed by atoms with Crippen LogP contribution in [0.15, 0.2) is 53.4 Å². The van der Waals surface area contributed by atoms with Gasteiger partial charge in [-0.1, -0.05) is 25.1 Å². The highest BCUT2D eigenvalue weighted by Crippen LogP contribution is 2.31. The summed E-state index contributed by atoms with van der Waals surface area (Å²) in [6.07, 6.45) is 5.11. The SMILES string of the molecule is CC1CCN(CCCNC(=O)c2ccc(S(=O)(=O)N3CCCc4ccccc43)cc2)CC1. The summed E-state index contributed by atoms with van der Waals surface area (Å²) in [4.78, 5) is 15.2. The van der Waals surface area contributed by atoms with E-state index in [0.29, 0.717) is 18.7 Å². The molecule has 172 valence electrons. The van der Waals surface area contributed by atoms with Gasteiger partial charge in [0.25, 0.3) is 15.9 Å². The predicted octanol–water partition coefficient (Wildman–Crippen LogP) is 3.68. The van der Waals surface area contributed by atoms with E-state index in [1.807, 2.05) is 24.3 Å². The van der Waals surface area contributed by atoms with E-state index in [9.17, 15) is 13.2 Å². The molecular weight excluding hydrogens is 422 g/mol. The number of aryl methyl sites for hydroxylation is 1. The maximum atomic E-state index is 13.2. The lowest BCUT2D eigenvalue weighted by molar-refractivity contribution is 0.0950. The monoisotopic (exact) mass is 455 g/mol. The molecule has 0 saturated carbocycles. The highest BCUT2D eigenvalue weighted by Gasteiger charge is 2.29. The van der Waals surface area contributed by atoms with E-state index in [1.165, 1.54) is 29.3 Å². The Bertz CT molecular complexity index is 1030. The third kappa shape index (κ3) is 5.15. The van der Waals surface area contributed by atoms with Gasteiger partial charge in [-0.25, -0.2) is 8.42 Å². The molecule has 1 fully saturated rings. The summed E-state index contributed by atoms with van der Waals surface area (Å²) in [5.74, 6) is 0.659. The molecule has 0 spiro atoms. The molecule has 0 aromatic heterocycles. The zero-order valence-electron chi connectivity index (χ0n) is 18.8. The molecule has 0 aliphatic carbocycles. The molecule has 2 aromatic carbocycles. The first-order valence-electron chi connectivity index (χ1n) is 11.7. The fourth-order valence-electron chi connectivity index (χ4n) is 4.55. The molecule has 6 nitrogen and oxygen atoms in total. The smallest absolute Gasteiger partial charge is 0.264 e. The molecule has 0 radical (unpaired) electrons. The van der Waals surface area contributed by atoms with Crippen LogP contribution in [0.4, 0.5) is 5.69 Å². The van der Waals surface area contributed by atoms with Crippen molar-refractivity contribution in [2.24, 2.45) is 5.92 Å². The van der Waals surface area contributed by atoms with Crippen molar-refractivity contribution in [1.29, 1.82) is 0 Å². The number of hydrogen-bond donors (Lipinski definition) is 1. The van der Waals surface area contributed by atoms with Crippen molar-refractivity contribution in [1.82, 2.24) is 10.2 Å². The molecule has 32 heavy (non-hydrogen) atoms. The third-order valence-electron chi connectivity index (χ3n) is 6.59. The van der Waals surface area contributed by atoms with E-state index in [-0.39, 0.29) is 10.8 Å². The Balaban J connectivity index is 1.33. The molecule has 1 saturated heterocycles. The normalized spacial score (nSPS) is 17.7. The van der Waals surface area contributed by atoms with Crippen LogP contribution in [0.3, 0.4) is 0 Å². The number of carbonyl (C=O) groups is 1. The van der Waals surface area contributed by atoms with Crippen LogP contribution >= 0.6 is 0 Å². The van der Waals surface area contributed by atoms with Gasteiger partial charge in [-0.15, -0.1) is 0 Å². The van der Waals surface area contributed by atoms with E-state index >= 15 is 0 Å². The number of hydrogen-bond acceptors (Lipinski definition) is 4. The second-order valence-electron chi connectivity index (χ2n) is 8.97. The molecule has 1 amide bonds. The van der Waals surface area contributed by atoms with Gasteiger partial charge in [0.05, 0.1) is 10.6 Å². The first-order valence-corrected chi connectivity index (χ1v) is 13.1. The first-order chi connectivity index (χ1) is 15.4. The molecule has 4 rings (SSSR count). The standard InChI is InChI=1S/C25H33N3O3S/c1-20-13-18-27(19-14-20)16-5-15-26-25(29)22-9-11-23(12-10-22)32(30,31)28-17-4-7-21-6-2-3-8-24(21)28/h2-3,6,8-12,20H,4-5,7,13-19H2,1H3,(H,26,29). The number of rotatable bonds is 7. The van der Waals surface area contributed by atoms with Crippen molar-refractivity contribution >= 4 is 21.6 Å². The number of fused-ring (bicyclic) bond motifs is 1. The number of benzene rings is 2. The zero-order valence-corrected chi connectivity index (χ0v) is 19.6. The Hall–Kier alpha value is -2.38. The molecule has 2 aliphatic rings. The minimum Gasteiger partial charge on any atom is -0.352 e. The molecule has 7 heteroatoms. The molecule has 0 atom stereocenters. The number of nitrogens with zero attached hydrogens (tertiary/aromatic N) is 2. The maximum absolute atomic E-state index is 13.2. The molecule has 0 bridgehead atoms. The van der Waals surface area contributed by atoms with E-state index < -0.39 is 10.0 Å². The van der Waals surface area contributed by atoms with E-state index in [2.05, 4.69) is 17.1 Å². The predicted molar refractivity (Wildman–Crippen MR) is 128 cm³/mol. The summed E-state index contributed by atoms with van der Waals surface area (Å²) in [6, 6.07) is 13.9. The average Bonchev–Trinajstić information content (AvgIpc) is 2.82. The zero-order chi connectivity index (χ0) is 22.6. The summed E-state index contributed by atoms with van der Waals surface area (Å²) >= 11 is 0. The minimum absolute atomic E-state index is 0.162. The van der Waals surface area contributed by atoms with Gasteiger partial charge in [-0.3, -0.25) is 9.10 Å². The summed E-state index contributed by atoms with van der Waals surface area (Å²) in [6.45, 7) is 6.69. The lowest BCUT2D eigenvalue weighted by Crippen LogP contribution is -2.35. The lowest BCUT2D eigenvalue weighted by atomic mass is 9.99. The van der Waals surface area contributed by atoms with Gasteiger partial charge >= 0.3 is 0 Å². The molecular formula is C25H33N3O3S. The van der Waals surface area contributed by atoms with Crippen LogP contribution in [0.2, 0.25) is 0 Å². The summed E-state index contributed by atoms with van der Waals surface area (Å²) in [5.41, 5.74) is 2.29. The van der Waals surface area contributed by atoms with Crippen molar-refractivity contribution in [3.8, 4) is 0 Å². The number of amides is 1. The van der Waals surface area contributed by atoms with Gasteiger partial charge in [0.1, 0.15) is 0 Å². The highest BCUT2D eigenvalue weighted by atomic mass is 32.2. The minimum atomic E-state index is -3.66. The van der Waals surface area contributed by atoms with Crippen LogP contribution in [-0.2, 0) is 16.4 Å². The highest BCUT2D eigenvalue weighted by molar-refractivity contribution is 7.92. The first kappa shape index (κ1) is 22.8. The second-order valence-corrected chi connectivity index (χ2v) is 10.8. The van der Waals surface area contributed by atoms with Gasteiger partial charge in [-0.05, 0) is 93.6 Å². The molecule has 2 aliphatic heterocycles. The topological polar surface area (TPSA) is 69.7 Å². The van der Waals surface area contributed by atoms with Crippen molar-refractivity contribution in [2.75, 3.05) is 37.0 Å². The number of carbonyl (C=O) groups excluding carboxylic acids is 1. The van der Waals surface area contributed by atoms with Crippen LogP contribution in [-0.4, -0.2) is 51.9 Å². The molecule has 1 N–H and O–H groups in total. The Labute approximate surface area is 191 Å². The van der Waals surface area contributed by atoms with E-state index in [1.54, 1.807) is 12.1 Å². The van der Waals surface area contributed by atoms with Crippen LogP contribution in [0.5, 0.6) is 0 Å². The van der Waals surface area contributed by atoms with Crippen molar-refractivity contribution in [3.63, 3.8) is 0 Å². The number of nitrogens with one attached hydrogen (secondary N) is 1. The quantitative estimate of drug-likeness (QED) is 0.647. The van der Waals surface area contributed by atoms with Gasteiger partial charge in [0, 0.05) is 18.7 Å². The van der Waals surface area contributed by atoms with Crippen LogP contribution < -0.4 is 9.62 Å². The summed E-state index contributed by atoms with van der Waals surface area (Å²) < 4.78 is 28.0. The van der Waals surface area contributed by atoms with Crippen LogP contribution in [0.25, 0.3) is 0 Å². The van der Waals surface area contributed by atoms with Crippen molar-refractivity contribution in [2.45, 2.75) is 43.9 Å². The number of para-hydroxylation sites is 1. The molecule has 0 unspecified atom stereocenters. The fraction of sp³-hybridized carbons (Fsp3) is 0.480. The Morgan fingerprint density at radius 1 is 1.03 bits per heavy atom. The Morgan fingerprint density at radius 2 is 1.75 bits per heavy atom. The van der Waals surface area contributed by atoms with Crippen LogP contribution in [0, 0.1) is 5.92 Å².